The van der Waals surface area contributed by atoms with Crippen LogP contribution in [0.2, 0.25) is 0 Å². The van der Waals surface area contributed by atoms with Gasteiger partial charge in [0.1, 0.15) is 5.84 Å². The summed E-state index contributed by atoms with van der Waals surface area (Å²) >= 11 is 0. The molecule has 3 nitrogen and oxygen atoms in total. The van der Waals surface area contributed by atoms with Crippen molar-refractivity contribution in [1.82, 2.24) is 5.43 Å². The number of benzene rings is 1. The summed E-state index contributed by atoms with van der Waals surface area (Å²) in [7, 11) is 1.77. The third kappa shape index (κ3) is 1.63. The lowest BCUT2D eigenvalue weighted by molar-refractivity contribution is 0.919. The van der Waals surface area contributed by atoms with E-state index in [2.05, 4.69) is 34.7 Å². The summed E-state index contributed by atoms with van der Waals surface area (Å²) in [5.41, 5.74) is 4.05. The number of nitrogens with zero attached hydrogens (tertiary/aromatic N) is 1. The van der Waals surface area contributed by atoms with Crippen LogP contribution in [0.3, 0.4) is 0 Å². The van der Waals surface area contributed by atoms with E-state index in [4.69, 9.17) is 5.84 Å². The van der Waals surface area contributed by atoms with Crippen molar-refractivity contribution in [2.45, 2.75) is 12.3 Å². The Morgan fingerprint density at radius 2 is 2.14 bits per heavy atom. The highest BCUT2D eigenvalue weighted by Gasteiger charge is 2.41. The summed E-state index contributed by atoms with van der Waals surface area (Å²) in [6.45, 7) is 0. The molecule has 74 valence electrons. The van der Waals surface area contributed by atoms with Gasteiger partial charge in [0.15, 0.2) is 0 Å². The molecule has 14 heavy (non-hydrogen) atoms. The fraction of sp³-hybridized carbons (Fsp3) is 0.364. The second-order valence-corrected chi connectivity index (χ2v) is 3.61. The summed E-state index contributed by atoms with van der Waals surface area (Å²) in [6, 6.07) is 10.5. The monoisotopic (exact) mass is 189 g/mol. The highest BCUT2D eigenvalue weighted by atomic mass is 15.3. The van der Waals surface area contributed by atoms with E-state index in [1.54, 1.807) is 7.05 Å². The summed E-state index contributed by atoms with van der Waals surface area (Å²) in [6.07, 6.45) is 1.15. The number of rotatable bonds is 2. The molecule has 0 heterocycles. The average molecular weight is 189 g/mol. The van der Waals surface area contributed by atoms with E-state index in [-0.39, 0.29) is 0 Å². The first-order valence-electron chi connectivity index (χ1n) is 4.85. The summed E-state index contributed by atoms with van der Waals surface area (Å²) in [5, 5.41) is 0. The lowest BCUT2D eigenvalue weighted by Crippen LogP contribution is -2.32. The van der Waals surface area contributed by atoms with Gasteiger partial charge in [0, 0.05) is 13.0 Å². The zero-order chi connectivity index (χ0) is 9.97. The minimum absolute atomic E-state index is 0.493. The smallest absolute Gasteiger partial charge is 0.114 e. The van der Waals surface area contributed by atoms with Gasteiger partial charge in [0.2, 0.25) is 0 Å². The normalized spacial score (nSPS) is 26.0. The fourth-order valence-corrected chi connectivity index (χ4v) is 1.90. The molecule has 1 fully saturated rings. The largest absolute Gasteiger partial charge is 0.312 e. The molecule has 1 aliphatic rings. The van der Waals surface area contributed by atoms with Gasteiger partial charge in [-0.1, -0.05) is 30.3 Å². The molecule has 1 aliphatic carbocycles. The summed E-state index contributed by atoms with van der Waals surface area (Å²) in [4.78, 5) is 4.12. The molecule has 3 heteroatoms. The minimum atomic E-state index is 0.493. The molecule has 0 saturated heterocycles. The molecular formula is C11H15N3. The lowest BCUT2D eigenvalue weighted by Gasteiger charge is -2.03. The predicted octanol–water partition coefficient (Wildman–Crippen LogP) is 1.28. The van der Waals surface area contributed by atoms with E-state index in [0.29, 0.717) is 11.8 Å². The van der Waals surface area contributed by atoms with Crippen LogP contribution in [0.25, 0.3) is 0 Å². The van der Waals surface area contributed by atoms with Gasteiger partial charge in [-0.15, -0.1) is 0 Å². The Balaban J connectivity index is 2.06. The van der Waals surface area contributed by atoms with Crippen LogP contribution < -0.4 is 11.3 Å². The zero-order valence-electron chi connectivity index (χ0n) is 8.27. The number of aliphatic imine (C=N–C) groups is 1. The van der Waals surface area contributed by atoms with Crippen molar-refractivity contribution in [2.24, 2.45) is 16.8 Å². The third-order valence-corrected chi connectivity index (χ3v) is 2.76. The van der Waals surface area contributed by atoms with Gasteiger partial charge >= 0.3 is 0 Å². The Bertz CT molecular complexity index is 332. The van der Waals surface area contributed by atoms with Crippen molar-refractivity contribution in [2.75, 3.05) is 7.05 Å². The first-order valence-corrected chi connectivity index (χ1v) is 4.85. The number of hydrazine groups is 1. The first kappa shape index (κ1) is 9.21. The maximum Gasteiger partial charge on any atom is 0.114 e. The molecule has 2 unspecified atom stereocenters. The second-order valence-electron chi connectivity index (χ2n) is 3.61. The SMILES string of the molecule is CN=C(NN)C1CC1c1ccccc1. The molecule has 3 N–H and O–H groups in total. The molecule has 1 aromatic carbocycles. The van der Waals surface area contributed by atoms with Crippen LogP contribution in [0.4, 0.5) is 0 Å². The van der Waals surface area contributed by atoms with Crippen molar-refractivity contribution in [3.63, 3.8) is 0 Å². The minimum Gasteiger partial charge on any atom is -0.312 e. The Labute approximate surface area is 84.0 Å². The molecule has 0 amide bonds. The Kier molecular flexibility index (Phi) is 2.50. The molecule has 2 atom stereocenters. The Morgan fingerprint density at radius 3 is 2.71 bits per heavy atom. The van der Waals surface area contributed by atoms with Crippen molar-refractivity contribution < 1.29 is 0 Å². The summed E-state index contributed by atoms with van der Waals surface area (Å²) in [5.74, 6) is 7.40. The van der Waals surface area contributed by atoms with Crippen LogP contribution in [-0.2, 0) is 0 Å². The number of hydrogen-bond acceptors (Lipinski definition) is 2. The van der Waals surface area contributed by atoms with Crippen LogP contribution in [-0.4, -0.2) is 12.9 Å². The molecule has 1 saturated carbocycles. The summed E-state index contributed by atoms with van der Waals surface area (Å²) < 4.78 is 0. The van der Waals surface area contributed by atoms with Gasteiger partial charge in [-0.2, -0.15) is 0 Å². The predicted molar refractivity (Wildman–Crippen MR) is 58.0 cm³/mol. The second kappa shape index (κ2) is 3.80. The maximum absolute atomic E-state index is 5.38. The topological polar surface area (TPSA) is 50.4 Å². The maximum atomic E-state index is 5.38. The first-order chi connectivity index (χ1) is 6.86. The van der Waals surface area contributed by atoms with E-state index in [0.717, 1.165) is 12.3 Å². The van der Waals surface area contributed by atoms with Gasteiger partial charge in [-0.25, -0.2) is 5.84 Å². The van der Waals surface area contributed by atoms with Gasteiger partial charge in [0.25, 0.3) is 0 Å². The molecular weight excluding hydrogens is 174 g/mol. The van der Waals surface area contributed by atoms with E-state index in [9.17, 15) is 0 Å². The van der Waals surface area contributed by atoms with Crippen LogP contribution in [0.15, 0.2) is 35.3 Å². The van der Waals surface area contributed by atoms with Gasteiger partial charge in [0.05, 0.1) is 0 Å². The Hall–Kier alpha value is -1.35. The zero-order valence-corrected chi connectivity index (χ0v) is 8.27. The van der Waals surface area contributed by atoms with Gasteiger partial charge in [-0.3, -0.25) is 4.99 Å². The van der Waals surface area contributed by atoms with E-state index in [1.807, 2.05) is 6.07 Å². The number of nitrogens with one attached hydrogen (secondary N) is 1. The Morgan fingerprint density at radius 1 is 1.43 bits per heavy atom. The molecule has 1 aromatic rings. The van der Waals surface area contributed by atoms with Crippen molar-refractivity contribution >= 4 is 5.84 Å². The molecule has 0 aliphatic heterocycles. The van der Waals surface area contributed by atoms with Gasteiger partial charge in [-0.05, 0) is 17.9 Å². The molecule has 0 spiro atoms. The van der Waals surface area contributed by atoms with Crippen LogP contribution in [0, 0.1) is 5.92 Å². The highest BCUT2D eigenvalue weighted by Crippen LogP contribution is 2.47. The number of hydrogen-bond donors (Lipinski definition) is 2. The van der Waals surface area contributed by atoms with Crippen LogP contribution in [0.5, 0.6) is 0 Å². The van der Waals surface area contributed by atoms with Crippen molar-refractivity contribution in [1.29, 1.82) is 0 Å². The molecule has 0 bridgehead atoms. The van der Waals surface area contributed by atoms with E-state index >= 15 is 0 Å². The van der Waals surface area contributed by atoms with Crippen LogP contribution in [0.1, 0.15) is 17.9 Å². The van der Waals surface area contributed by atoms with Crippen molar-refractivity contribution in [3.05, 3.63) is 35.9 Å². The number of nitrogens with two attached hydrogens (primary N) is 1. The fourth-order valence-electron chi connectivity index (χ4n) is 1.90. The highest BCUT2D eigenvalue weighted by molar-refractivity contribution is 5.87. The quantitative estimate of drug-likeness (QED) is 0.319. The lowest BCUT2D eigenvalue weighted by atomic mass is 10.1. The van der Waals surface area contributed by atoms with Crippen molar-refractivity contribution in [3.8, 4) is 0 Å². The van der Waals surface area contributed by atoms with Gasteiger partial charge < -0.3 is 5.43 Å². The van der Waals surface area contributed by atoms with E-state index < -0.39 is 0 Å². The standard InChI is InChI=1S/C11H15N3/c1-13-11(14-12)10-7-9(10)8-5-3-2-4-6-8/h2-6,9-10H,7,12H2,1H3,(H,13,14). The van der Waals surface area contributed by atoms with E-state index in [1.165, 1.54) is 5.56 Å². The molecule has 0 aromatic heterocycles. The van der Waals surface area contributed by atoms with Crippen LogP contribution >= 0.6 is 0 Å². The average Bonchev–Trinajstić information content (AvgIpc) is 3.01. The number of amidine groups is 1. The molecule has 0 radical (unpaired) electrons. The molecule has 2 rings (SSSR count). The third-order valence-electron chi connectivity index (χ3n) is 2.76.